The molecule has 32 atom stereocenters. The molecule has 0 aromatic rings. The molecule has 0 amide bonds. The number of esters is 1. The molecule has 444 valence electrons. The number of rotatable bonds is 2. The third-order valence-corrected chi connectivity index (χ3v) is 21.8. The standard InChI is InChI=1S/C59H82O21/c1-24-13-30-7-9-34-25(2)14-32(66-34)11-12-58-55(64)59(65)54(80-58)53-52(79-59)51(78-58)50-35(70-53)10-8-31(68-50)15-45(63)73-49-29(6)48-40(69-39(49)17-36(67-30)28(24)5)18-38-42(72-48)22-57(74-38)23-43-47(77-57)27(4)21-56(76-43)20-26(3)46-41(75-56)16-33(60)37(71-46)19-44(61)62/h24,26-27,29-43,46-55,60,64-65H,2,5,7-23H2,1,3-4,6H3,(H,61,62)/t24-,26?,27+,29+,30+,31-,32+,33-,34+,35+,36-,37-,38-,39+,40+,41+,42-,43+,46+,47+,48+,49-,50+,51+,52+,53-,54?,55+,56-,57+,58-,59?/m1/s1. The van der Waals surface area contributed by atoms with Crippen LogP contribution in [0.25, 0.3) is 0 Å². The van der Waals surface area contributed by atoms with E-state index in [1.165, 1.54) is 0 Å². The fourth-order valence-corrected chi connectivity index (χ4v) is 18.0. The van der Waals surface area contributed by atoms with Crippen LogP contribution >= 0.6 is 0 Å². The van der Waals surface area contributed by atoms with Crippen molar-refractivity contribution in [1.29, 1.82) is 0 Å². The van der Waals surface area contributed by atoms with Gasteiger partial charge in [-0.3, -0.25) is 9.59 Å². The number of hydrogen-bond donors (Lipinski definition) is 4. The Morgan fingerprint density at radius 3 is 2.09 bits per heavy atom. The fourth-order valence-electron chi connectivity index (χ4n) is 18.0. The van der Waals surface area contributed by atoms with Gasteiger partial charge < -0.3 is 91.5 Å². The molecule has 80 heavy (non-hydrogen) atoms. The Balaban J connectivity index is 0.666. The molecule has 3 unspecified atom stereocenters. The van der Waals surface area contributed by atoms with E-state index in [0.29, 0.717) is 70.6 Å². The number of hydrogen-bond acceptors (Lipinski definition) is 20. The molecular weight excluding hydrogens is 1040 g/mol. The number of carboxylic acids is 1. The third kappa shape index (κ3) is 8.84. The smallest absolute Gasteiger partial charge is 0.308 e. The summed E-state index contributed by atoms with van der Waals surface area (Å²) in [6.45, 7) is 17.5. The van der Waals surface area contributed by atoms with Crippen molar-refractivity contribution in [2.75, 3.05) is 0 Å². The summed E-state index contributed by atoms with van der Waals surface area (Å²) < 4.78 is 102. The minimum absolute atomic E-state index is 0.00631. The van der Waals surface area contributed by atoms with Crippen molar-refractivity contribution in [2.24, 2.45) is 23.7 Å². The van der Waals surface area contributed by atoms with Crippen LogP contribution < -0.4 is 0 Å². The highest BCUT2D eigenvalue weighted by molar-refractivity contribution is 5.70. The van der Waals surface area contributed by atoms with Crippen molar-refractivity contribution in [3.8, 4) is 0 Å². The van der Waals surface area contributed by atoms with Crippen LogP contribution in [0.2, 0.25) is 0 Å². The van der Waals surface area contributed by atoms with Gasteiger partial charge in [-0.15, -0.1) is 0 Å². The van der Waals surface area contributed by atoms with E-state index in [2.05, 4.69) is 40.9 Å². The molecule has 0 radical (unpaired) electrons. The van der Waals surface area contributed by atoms with Gasteiger partial charge in [-0.1, -0.05) is 40.9 Å². The molecule has 0 saturated carbocycles. The number of ether oxygens (including phenoxy) is 15. The molecule has 0 aromatic heterocycles. The van der Waals surface area contributed by atoms with Crippen molar-refractivity contribution >= 4 is 11.9 Å². The first-order valence-electron chi connectivity index (χ1n) is 30.4. The number of aliphatic hydroxyl groups excluding tert-OH is 2. The predicted octanol–water partition coefficient (Wildman–Crippen LogP) is 3.95. The fraction of sp³-hybridized carbons (Fsp3) is 0.898. The summed E-state index contributed by atoms with van der Waals surface area (Å²) in [4.78, 5) is 26.1. The Morgan fingerprint density at radius 2 is 1.26 bits per heavy atom. The number of aliphatic hydroxyl groups is 3. The zero-order chi connectivity index (χ0) is 55.1. The van der Waals surface area contributed by atoms with Crippen LogP contribution in [0.3, 0.4) is 0 Å². The average molecular weight is 1130 g/mol. The first kappa shape index (κ1) is 54.4. The van der Waals surface area contributed by atoms with Crippen LogP contribution in [0.15, 0.2) is 24.3 Å². The Morgan fingerprint density at radius 1 is 0.562 bits per heavy atom. The maximum Gasteiger partial charge on any atom is 0.308 e. The average Bonchev–Trinajstić information content (AvgIpc) is 4.26. The maximum atomic E-state index is 14.6. The van der Waals surface area contributed by atoms with E-state index in [1.54, 1.807) is 0 Å². The van der Waals surface area contributed by atoms with Crippen molar-refractivity contribution in [3.05, 3.63) is 24.3 Å². The Labute approximate surface area is 466 Å². The second-order valence-corrected chi connectivity index (χ2v) is 27.3. The highest BCUT2D eigenvalue weighted by Gasteiger charge is 2.79. The van der Waals surface area contributed by atoms with E-state index >= 15 is 0 Å². The summed E-state index contributed by atoms with van der Waals surface area (Å²) in [5.74, 6) is -7.08. The highest BCUT2D eigenvalue weighted by Crippen LogP contribution is 2.59. The van der Waals surface area contributed by atoms with Crippen molar-refractivity contribution < 1.29 is 101 Å². The van der Waals surface area contributed by atoms with E-state index in [0.717, 1.165) is 24.0 Å². The summed E-state index contributed by atoms with van der Waals surface area (Å²) in [6, 6.07) is 0. The molecule has 3 spiro atoms. The number of fused-ring (bicyclic) bond motifs is 10. The van der Waals surface area contributed by atoms with Crippen LogP contribution in [0.5, 0.6) is 0 Å². The Bertz CT molecular complexity index is 2460. The molecule has 21 nitrogen and oxygen atoms in total. The van der Waals surface area contributed by atoms with Gasteiger partial charge in [-0.2, -0.15) is 0 Å². The van der Waals surface area contributed by atoms with Gasteiger partial charge in [0, 0.05) is 57.3 Å². The van der Waals surface area contributed by atoms with Crippen LogP contribution in [0.4, 0.5) is 0 Å². The second-order valence-electron chi connectivity index (χ2n) is 27.3. The van der Waals surface area contributed by atoms with Crippen molar-refractivity contribution in [2.45, 2.75) is 306 Å². The lowest BCUT2D eigenvalue weighted by Crippen LogP contribution is -2.63. The molecule has 0 aliphatic carbocycles. The highest BCUT2D eigenvalue weighted by atomic mass is 16.8. The summed E-state index contributed by atoms with van der Waals surface area (Å²) in [6.07, 6.45) is -5.45. The molecule has 16 heterocycles. The number of carbonyl (C=O) groups excluding carboxylic acids is 1. The monoisotopic (exact) mass is 1130 g/mol. The molecular formula is C59H82O21. The summed E-state index contributed by atoms with van der Waals surface area (Å²) in [5, 5.41) is 44.2. The lowest BCUT2D eigenvalue weighted by molar-refractivity contribution is -0.371. The minimum atomic E-state index is -2.04. The predicted molar refractivity (Wildman–Crippen MR) is 271 cm³/mol. The van der Waals surface area contributed by atoms with Crippen LogP contribution in [-0.2, 0) is 80.6 Å². The lowest BCUT2D eigenvalue weighted by atomic mass is 9.78. The first-order valence-corrected chi connectivity index (χ1v) is 30.4. The van der Waals surface area contributed by atoms with Gasteiger partial charge in [0.1, 0.15) is 36.6 Å². The zero-order valence-electron chi connectivity index (χ0n) is 46.3. The van der Waals surface area contributed by atoms with E-state index in [9.17, 15) is 30.0 Å². The molecule has 16 rings (SSSR count). The van der Waals surface area contributed by atoms with E-state index in [-0.39, 0.29) is 110 Å². The van der Waals surface area contributed by atoms with Crippen LogP contribution in [0, 0.1) is 23.7 Å². The summed E-state index contributed by atoms with van der Waals surface area (Å²) in [5.41, 5.74) is 1.99. The number of carbonyl (C=O) groups is 2. The number of carboxylic acid groups (broad SMARTS) is 1. The van der Waals surface area contributed by atoms with E-state index < -0.39 is 121 Å². The molecule has 16 aliphatic rings. The molecule has 0 aromatic carbocycles. The Kier molecular flexibility index (Phi) is 13.3. The molecule has 4 N–H and O–H groups in total. The quantitative estimate of drug-likeness (QED) is 0.226. The summed E-state index contributed by atoms with van der Waals surface area (Å²) in [7, 11) is 0. The molecule has 16 aliphatic heterocycles. The first-order chi connectivity index (χ1) is 38.2. The van der Waals surface area contributed by atoms with Crippen molar-refractivity contribution in [1.82, 2.24) is 0 Å². The van der Waals surface area contributed by atoms with Crippen molar-refractivity contribution in [3.63, 3.8) is 0 Å². The number of aliphatic carboxylic acids is 1. The molecule has 16 fully saturated rings. The molecule has 12 bridgehead atoms. The van der Waals surface area contributed by atoms with Crippen LogP contribution in [0.1, 0.15) is 137 Å². The largest absolute Gasteiger partial charge is 0.481 e. The van der Waals surface area contributed by atoms with Gasteiger partial charge in [0.25, 0.3) is 0 Å². The maximum absolute atomic E-state index is 14.6. The van der Waals surface area contributed by atoms with Gasteiger partial charge in [-0.25, -0.2) is 0 Å². The molecule has 21 heteroatoms. The van der Waals surface area contributed by atoms with Gasteiger partial charge in [0.15, 0.2) is 17.7 Å². The summed E-state index contributed by atoms with van der Waals surface area (Å²) >= 11 is 0. The molecule has 16 saturated heterocycles. The normalized spacial score (nSPS) is 58.7. The van der Waals surface area contributed by atoms with Gasteiger partial charge in [0.2, 0.25) is 11.6 Å². The minimum Gasteiger partial charge on any atom is -0.481 e. The van der Waals surface area contributed by atoms with E-state index in [4.69, 9.17) is 71.1 Å². The second kappa shape index (κ2) is 19.6. The lowest BCUT2D eigenvalue weighted by Gasteiger charge is -2.54. The zero-order valence-corrected chi connectivity index (χ0v) is 46.3. The topological polar surface area (TPSA) is 254 Å². The van der Waals surface area contributed by atoms with E-state index in [1.807, 2.05) is 0 Å². The van der Waals surface area contributed by atoms with Gasteiger partial charge in [-0.05, 0) is 73.8 Å². The van der Waals surface area contributed by atoms with Gasteiger partial charge in [0.05, 0.1) is 117 Å². The third-order valence-electron chi connectivity index (χ3n) is 21.8. The SMILES string of the molecule is C=C1C[C@@H]2CC[C@]34OC5[C@@H]6O[C@H]7CC[C@H](CC(=O)O[C@@H]8[C@@H](C)[C@@H]9O[C@@H]%10C[C@]%11(C[C@@H]%12O[C@]%13(CC(C)[C@@H]%14O[C@H](CC(=O)O)[C@H](O)C[C@@H]%14O%13)C[C@H](C)[C@@H]%12O%11)O[C@@H]%10C[C@@H]9O[C@H]8C[C@H]8O[C@@H](CC[C@@H]1O2)C[C@@H](C)C8=C)O[C@@H]7[C@H](O3)[C@@H]6OC5(O)[C@H]4O. The van der Waals surface area contributed by atoms with Crippen LogP contribution in [-0.4, -0.2) is 202 Å². The Hall–Kier alpha value is -2.26. The van der Waals surface area contributed by atoms with Gasteiger partial charge >= 0.3 is 11.9 Å².